The summed E-state index contributed by atoms with van der Waals surface area (Å²) in [5.41, 5.74) is 9.33. The second-order valence-corrected chi connectivity index (χ2v) is 4.24. The van der Waals surface area contributed by atoms with Crippen molar-refractivity contribution >= 4 is 12.4 Å². The molecular formula is C11H20ClN3. The lowest BCUT2D eigenvalue weighted by Crippen LogP contribution is -2.09. The van der Waals surface area contributed by atoms with Crippen LogP contribution < -0.4 is 5.73 Å². The van der Waals surface area contributed by atoms with E-state index in [1.807, 2.05) is 0 Å². The van der Waals surface area contributed by atoms with Crippen LogP contribution in [0.25, 0.3) is 0 Å². The highest BCUT2D eigenvalue weighted by molar-refractivity contribution is 5.85. The van der Waals surface area contributed by atoms with Crippen molar-refractivity contribution in [1.82, 2.24) is 9.78 Å². The molecule has 0 aliphatic heterocycles. The molecule has 15 heavy (non-hydrogen) atoms. The van der Waals surface area contributed by atoms with E-state index in [-0.39, 0.29) is 12.4 Å². The van der Waals surface area contributed by atoms with Gasteiger partial charge in [-0.1, -0.05) is 12.8 Å². The van der Waals surface area contributed by atoms with Crippen molar-refractivity contribution in [1.29, 1.82) is 0 Å². The van der Waals surface area contributed by atoms with Gasteiger partial charge in [-0.15, -0.1) is 12.4 Å². The topological polar surface area (TPSA) is 43.8 Å². The van der Waals surface area contributed by atoms with Crippen LogP contribution in [0.4, 0.5) is 0 Å². The monoisotopic (exact) mass is 229 g/mol. The van der Waals surface area contributed by atoms with Crippen LogP contribution >= 0.6 is 12.4 Å². The summed E-state index contributed by atoms with van der Waals surface area (Å²) in [5, 5.41) is 4.60. The maximum atomic E-state index is 5.71. The third-order valence-electron chi connectivity index (χ3n) is 3.35. The van der Waals surface area contributed by atoms with E-state index in [0.717, 1.165) is 5.69 Å². The maximum Gasteiger partial charge on any atom is 0.0641 e. The maximum absolute atomic E-state index is 5.71. The van der Waals surface area contributed by atoms with Gasteiger partial charge >= 0.3 is 0 Å². The fraction of sp³-hybridized carbons (Fsp3) is 0.727. The minimum atomic E-state index is 0. The van der Waals surface area contributed by atoms with Gasteiger partial charge in [0.25, 0.3) is 0 Å². The molecule has 4 heteroatoms. The number of nitrogens with zero attached hydrogens (tertiary/aromatic N) is 2. The lowest BCUT2D eigenvalue weighted by atomic mass is 10.2. The lowest BCUT2D eigenvalue weighted by molar-refractivity contribution is 0.454. The number of halogens is 1. The first-order valence-corrected chi connectivity index (χ1v) is 5.48. The summed E-state index contributed by atoms with van der Waals surface area (Å²) < 4.78 is 2.20. The Kier molecular flexibility index (Phi) is 4.17. The van der Waals surface area contributed by atoms with E-state index in [0.29, 0.717) is 12.6 Å². The van der Waals surface area contributed by atoms with E-state index in [2.05, 4.69) is 23.6 Å². The highest BCUT2D eigenvalue weighted by Crippen LogP contribution is 2.31. The van der Waals surface area contributed by atoms with Crippen LogP contribution in [0.1, 0.15) is 48.7 Å². The number of rotatable bonds is 2. The van der Waals surface area contributed by atoms with E-state index < -0.39 is 0 Å². The molecule has 0 radical (unpaired) electrons. The minimum Gasteiger partial charge on any atom is -0.326 e. The molecule has 1 saturated carbocycles. The molecule has 0 saturated heterocycles. The summed E-state index contributed by atoms with van der Waals surface area (Å²) in [4.78, 5) is 0. The summed E-state index contributed by atoms with van der Waals surface area (Å²) in [7, 11) is 0. The molecule has 0 unspecified atom stereocenters. The van der Waals surface area contributed by atoms with E-state index in [4.69, 9.17) is 5.73 Å². The zero-order chi connectivity index (χ0) is 10.1. The molecule has 0 aromatic carbocycles. The quantitative estimate of drug-likeness (QED) is 0.847. The van der Waals surface area contributed by atoms with Gasteiger partial charge in [-0.2, -0.15) is 5.10 Å². The Balaban J connectivity index is 0.00000112. The molecule has 2 N–H and O–H groups in total. The number of aromatic nitrogens is 2. The summed E-state index contributed by atoms with van der Waals surface area (Å²) >= 11 is 0. The van der Waals surface area contributed by atoms with Crippen molar-refractivity contribution in [2.45, 2.75) is 52.1 Å². The molecule has 1 aliphatic rings. The number of hydrogen-bond acceptors (Lipinski definition) is 2. The Morgan fingerprint density at radius 3 is 2.40 bits per heavy atom. The van der Waals surface area contributed by atoms with Gasteiger partial charge in [0.1, 0.15) is 0 Å². The number of aryl methyl sites for hydroxylation is 1. The van der Waals surface area contributed by atoms with Crippen LogP contribution in [0, 0.1) is 13.8 Å². The van der Waals surface area contributed by atoms with Gasteiger partial charge in [0.05, 0.1) is 11.7 Å². The second kappa shape index (κ2) is 4.99. The molecule has 1 aliphatic carbocycles. The van der Waals surface area contributed by atoms with Crippen molar-refractivity contribution in [2.75, 3.05) is 0 Å². The second-order valence-electron chi connectivity index (χ2n) is 4.24. The SMILES string of the molecule is Cc1nn(C2CCCC2)c(C)c1CN.Cl. The first kappa shape index (κ1) is 12.5. The van der Waals surface area contributed by atoms with E-state index in [1.165, 1.54) is 36.9 Å². The normalized spacial score (nSPS) is 16.7. The summed E-state index contributed by atoms with van der Waals surface area (Å²) in [6.07, 6.45) is 5.26. The van der Waals surface area contributed by atoms with Crippen molar-refractivity contribution < 1.29 is 0 Å². The van der Waals surface area contributed by atoms with Crippen molar-refractivity contribution in [3.05, 3.63) is 17.0 Å². The van der Waals surface area contributed by atoms with E-state index in [9.17, 15) is 0 Å². The molecule has 0 spiro atoms. The fourth-order valence-corrected chi connectivity index (χ4v) is 2.50. The zero-order valence-electron chi connectivity index (χ0n) is 9.49. The smallest absolute Gasteiger partial charge is 0.0641 e. The molecule has 0 bridgehead atoms. The number of hydrogen-bond donors (Lipinski definition) is 1. The van der Waals surface area contributed by atoms with Crippen LogP contribution in [0.15, 0.2) is 0 Å². The molecule has 0 atom stereocenters. The van der Waals surface area contributed by atoms with E-state index >= 15 is 0 Å². The highest BCUT2D eigenvalue weighted by Gasteiger charge is 2.21. The minimum absolute atomic E-state index is 0. The Labute approximate surface area is 97.4 Å². The van der Waals surface area contributed by atoms with Crippen LogP contribution in [0.3, 0.4) is 0 Å². The Bertz CT molecular complexity index is 327. The third kappa shape index (κ3) is 2.18. The van der Waals surface area contributed by atoms with Crippen LogP contribution in [-0.4, -0.2) is 9.78 Å². The van der Waals surface area contributed by atoms with Gasteiger partial charge in [0.15, 0.2) is 0 Å². The summed E-state index contributed by atoms with van der Waals surface area (Å²) in [6.45, 7) is 4.81. The van der Waals surface area contributed by atoms with Gasteiger partial charge in [0, 0.05) is 17.8 Å². The van der Waals surface area contributed by atoms with Gasteiger partial charge in [-0.25, -0.2) is 0 Å². The first-order valence-electron chi connectivity index (χ1n) is 5.48. The Hall–Kier alpha value is -0.540. The molecule has 86 valence electrons. The Morgan fingerprint density at radius 2 is 1.93 bits per heavy atom. The summed E-state index contributed by atoms with van der Waals surface area (Å²) in [5.74, 6) is 0. The fourth-order valence-electron chi connectivity index (χ4n) is 2.50. The van der Waals surface area contributed by atoms with Crippen molar-refractivity contribution in [2.24, 2.45) is 5.73 Å². The number of nitrogens with two attached hydrogens (primary N) is 1. The van der Waals surface area contributed by atoms with Crippen molar-refractivity contribution in [3.63, 3.8) is 0 Å². The van der Waals surface area contributed by atoms with E-state index in [1.54, 1.807) is 0 Å². The molecule has 2 rings (SSSR count). The zero-order valence-corrected chi connectivity index (χ0v) is 10.3. The standard InChI is InChI=1S/C11H19N3.ClH/c1-8-11(7-12)9(2)14(13-8)10-5-3-4-6-10;/h10H,3-7,12H2,1-2H3;1H. The predicted molar refractivity (Wildman–Crippen MR) is 64.3 cm³/mol. The molecule has 0 amide bonds. The molecule has 1 aromatic heterocycles. The van der Waals surface area contributed by atoms with Gasteiger partial charge in [0.2, 0.25) is 0 Å². The average molecular weight is 230 g/mol. The average Bonchev–Trinajstić information content (AvgIpc) is 2.74. The molecular weight excluding hydrogens is 210 g/mol. The van der Waals surface area contributed by atoms with Gasteiger partial charge < -0.3 is 5.73 Å². The Morgan fingerprint density at radius 1 is 1.33 bits per heavy atom. The van der Waals surface area contributed by atoms with Crippen molar-refractivity contribution in [3.8, 4) is 0 Å². The van der Waals surface area contributed by atoms with Crippen LogP contribution in [0.2, 0.25) is 0 Å². The van der Waals surface area contributed by atoms with Crippen LogP contribution in [-0.2, 0) is 6.54 Å². The molecule has 1 fully saturated rings. The first-order chi connectivity index (χ1) is 6.74. The van der Waals surface area contributed by atoms with Gasteiger partial charge in [-0.05, 0) is 26.7 Å². The largest absolute Gasteiger partial charge is 0.326 e. The predicted octanol–water partition coefficient (Wildman–Crippen LogP) is 2.50. The van der Waals surface area contributed by atoms with Gasteiger partial charge in [-0.3, -0.25) is 4.68 Å². The third-order valence-corrected chi connectivity index (χ3v) is 3.35. The molecule has 1 heterocycles. The lowest BCUT2D eigenvalue weighted by Gasteiger charge is -2.12. The summed E-state index contributed by atoms with van der Waals surface area (Å²) in [6, 6.07) is 0.633. The highest BCUT2D eigenvalue weighted by atomic mass is 35.5. The van der Waals surface area contributed by atoms with Crippen LogP contribution in [0.5, 0.6) is 0 Å². The molecule has 1 aromatic rings. The molecule has 3 nitrogen and oxygen atoms in total.